The zero-order chi connectivity index (χ0) is 13.6. The third-order valence-electron chi connectivity index (χ3n) is 3.80. The first-order valence-electron chi connectivity index (χ1n) is 5.94. The smallest absolute Gasteiger partial charge is 0.0812 e. The van der Waals surface area contributed by atoms with Crippen molar-refractivity contribution in [3.63, 3.8) is 0 Å². The van der Waals surface area contributed by atoms with Crippen molar-refractivity contribution >= 4 is 24.3 Å². The van der Waals surface area contributed by atoms with E-state index >= 15 is 0 Å². The summed E-state index contributed by atoms with van der Waals surface area (Å²) in [5, 5.41) is 0. The van der Waals surface area contributed by atoms with E-state index in [0.29, 0.717) is 9.79 Å². The van der Waals surface area contributed by atoms with Crippen LogP contribution in [0.25, 0.3) is 11.1 Å². The average molecular weight is 294 g/mol. The van der Waals surface area contributed by atoms with E-state index in [1.54, 1.807) is 12.1 Å². The van der Waals surface area contributed by atoms with Crippen LogP contribution in [0.15, 0.2) is 46.2 Å². The minimum absolute atomic E-state index is 0.220. The number of benzene rings is 2. The standard InChI is InChI=1S/C15H12F2S2/c1-15(2)13-7-9(18-16)3-5-11(13)12-6-4-10(19-17)8-14(12)15/h3-8H,1-2H3. The summed E-state index contributed by atoms with van der Waals surface area (Å²) < 4.78 is 25.5. The Morgan fingerprint density at radius 1 is 0.789 bits per heavy atom. The maximum Gasteiger partial charge on any atom is 0.0812 e. The van der Waals surface area contributed by atoms with Crippen LogP contribution in [0.3, 0.4) is 0 Å². The molecule has 0 aliphatic heterocycles. The third-order valence-corrected chi connectivity index (χ3v) is 4.66. The first-order chi connectivity index (χ1) is 9.07. The molecule has 3 rings (SSSR count). The van der Waals surface area contributed by atoms with Crippen LogP contribution in [-0.2, 0) is 5.41 Å². The van der Waals surface area contributed by atoms with E-state index in [-0.39, 0.29) is 29.7 Å². The van der Waals surface area contributed by atoms with Gasteiger partial charge in [0.2, 0.25) is 0 Å². The predicted octanol–water partition coefficient (Wildman–Crippen LogP) is 5.95. The number of fused-ring (bicyclic) bond motifs is 3. The molecule has 98 valence electrons. The molecule has 0 N–H and O–H groups in total. The van der Waals surface area contributed by atoms with E-state index in [1.807, 2.05) is 24.3 Å². The fourth-order valence-corrected chi connectivity index (χ4v) is 3.36. The molecule has 2 aromatic carbocycles. The maximum atomic E-state index is 12.8. The zero-order valence-corrected chi connectivity index (χ0v) is 12.2. The number of hydrogen-bond acceptors (Lipinski definition) is 2. The highest BCUT2D eigenvalue weighted by molar-refractivity contribution is 7.94. The Bertz CT molecular complexity index is 595. The second-order valence-electron chi connectivity index (χ2n) is 5.19. The monoisotopic (exact) mass is 294 g/mol. The van der Waals surface area contributed by atoms with E-state index in [1.165, 1.54) is 0 Å². The van der Waals surface area contributed by atoms with Gasteiger partial charge in [-0.25, -0.2) is 0 Å². The van der Waals surface area contributed by atoms with Crippen LogP contribution in [0.4, 0.5) is 7.77 Å². The molecule has 0 heterocycles. The summed E-state index contributed by atoms with van der Waals surface area (Å²) in [4.78, 5) is 1.22. The van der Waals surface area contributed by atoms with Gasteiger partial charge in [-0.05, 0) is 46.5 Å². The molecule has 0 saturated heterocycles. The van der Waals surface area contributed by atoms with Crippen LogP contribution in [0.5, 0.6) is 0 Å². The minimum atomic E-state index is -0.220. The van der Waals surface area contributed by atoms with Crippen LogP contribution in [0.1, 0.15) is 25.0 Å². The second-order valence-corrected chi connectivity index (χ2v) is 6.45. The Kier molecular flexibility index (Phi) is 3.10. The van der Waals surface area contributed by atoms with Crippen LogP contribution in [0.2, 0.25) is 0 Å². The van der Waals surface area contributed by atoms with Crippen LogP contribution < -0.4 is 0 Å². The molecule has 1 aliphatic rings. The normalized spacial score (nSPS) is 15.2. The van der Waals surface area contributed by atoms with Crippen molar-refractivity contribution in [3.05, 3.63) is 47.5 Å². The molecule has 4 heteroatoms. The molecule has 0 atom stereocenters. The maximum absolute atomic E-state index is 12.8. The molecule has 19 heavy (non-hydrogen) atoms. The molecule has 0 nitrogen and oxygen atoms in total. The van der Waals surface area contributed by atoms with Crippen molar-refractivity contribution in [2.45, 2.75) is 29.1 Å². The molecule has 0 radical (unpaired) electrons. The van der Waals surface area contributed by atoms with Gasteiger partial charge in [0.05, 0.1) is 24.3 Å². The van der Waals surface area contributed by atoms with Gasteiger partial charge in [0.25, 0.3) is 0 Å². The van der Waals surface area contributed by atoms with E-state index in [4.69, 9.17) is 0 Å². The van der Waals surface area contributed by atoms with Gasteiger partial charge in [-0.15, -0.1) is 0 Å². The summed E-state index contributed by atoms with van der Waals surface area (Å²) in [6.07, 6.45) is 0. The van der Waals surface area contributed by atoms with Gasteiger partial charge in [-0.1, -0.05) is 26.0 Å². The molecule has 0 spiro atoms. The Morgan fingerprint density at radius 3 is 1.58 bits per heavy atom. The summed E-state index contributed by atoms with van der Waals surface area (Å²) in [6, 6.07) is 11.3. The number of halogens is 2. The average Bonchev–Trinajstić information content (AvgIpc) is 2.67. The molecule has 0 fully saturated rings. The lowest BCUT2D eigenvalue weighted by molar-refractivity contribution is 0.656. The molecule has 0 aromatic heterocycles. The number of rotatable bonds is 2. The van der Waals surface area contributed by atoms with Crippen molar-refractivity contribution in [2.75, 3.05) is 0 Å². The van der Waals surface area contributed by atoms with E-state index in [9.17, 15) is 7.77 Å². The van der Waals surface area contributed by atoms with Crippen LogP contribution >= 0.6 is 24.3 Å². The van der Waals surface area contributed by atoms with E-state index < -0.39 is 0 Å². The van der Waals surface area contributed by atoms with Gasteiger partial charge >= 0.3 is 0 Å². The number of hydrogen-bond donors (Lipinski definition) is 0. The summed E-state index contributed by atoms with van der Waals surface area (Å²) >= 11 is 0.516. The Hall–Kier alpha value is -1.00. The third kappa shape index (κ3) is 1.89. The van der Waals surface area contributed by atoms with Gasteiger partial charge in [-0.3, -0.25) is 0 Å². The molecule has 1 aliphatic carbocycles. The lowest BCUT2D eigenvalue weighted by Crippen LogP contribution is -2.15. The molecule has 0 unspecified atom stereocenters. The Balaban J connectivity index is 2.26. The van der Waals surface area contributed by atoms with Gasteiger partial charge in [0, 0.05) is 15.2 Å². The van der Waals surface area contributed by atoms with Crippen LogP contribution in [-0.4, -0.2) is 0 Å². The topological polar surface area (TPSA) is 0 Å². The molecule has 0 saturated carbocycles. The predicted molar refractivity (Wildman–Crippen MR) is 77.9 cm³/mol. The summed E-state index contributed by atoms with van der Waals surface area (Å²) in [7, 11) is 0. The minimum Gasteiger partial charge on any atom is -0.160 e. The van der Waals surface area contributed by atoms with Crippen molar-refractivity contribution in [2.24, 2.45) is 0 Å². The van der Waals surface area contributed by atoms with Crippen LogP contribution in [0, 0.1) is 0 Å². The Morgan fingerprint density at radius 2 is 1.21 bits per heavy atom. The zero-order valence-electron chi connectivity index (χ0n) is 10.5. The SMILES string of the molecule is CC1(C)c2cc(SF)ccc2-c2ccc(SF)cc21. The fraction of sp³-hybridized carbons (Fsp3) is 0.200. The highest BCUT2D eigenvalue weighted by Crippen LogP contribution is 2.50. The molecule has 0 amide bonds. The second kappa shape index (κ2) is 4.53. The molecule has 0 bridgehead atoms. The van der Waals surface area contributed by atoms with Crippen molar-refractivity contribution in [1.29, 1.82) is 0 Å². The largest absolute Gasteiger partial charge is 0.160 e. The van der Waals surface area contributed by atoms with Gasteiger partial charge < -0.3 is 0 Å². The Labute approximate surface area is 120 Å². The molecule has 2 aromatic rings. The highest BCUT2D eigenvalue weighted by Gasteiger charge is 2.35. The van der Waals surface area contributed by atoms with Gasteiger partial charge in [0.1, 0.15) is 0 Å². The van der Waals surface area contributed by atoms with Gasteiger partial charge in [0.15, 0.2) is 0 Å². The van der Waals surface area contributed by atoms with E-state index in [0.717, 1.165) is 22.3 Å². The highest BCUT2D eigenvalue weighted by atomic mass is 32.2. The van der Waals surface area contributed by atoms with Crippen molar-refractivity contribution in [3.8, 4) is 11.1 Å². The lowest BCUT2D eigenvalue weighted by Gasteiger charge is -2.21. The lowest BCUT2D eigenvalue weighted by atomic mass is 9.82. The molecular weight excluding hydrogens is 282 g/mol. The molecular formula is C15H12F2S2. The summed E-state index contributed by atoms with van der Waals surface area (Å²) in [5.41, 5.74) is 4.22. The fourth-order valence-electron chi connectivity index (χ4n) is 2.79. The quantitative estimate of drug-likeness (QED) is 0.671. The summed E-state index contributed by atoms with van der Waals surface area (Å²) in [5.74, 6) is 0. The first kappa shape index (κ1) is 13.0. The van der Waals surface area contributed by atoms with Crippen molar-refractivity contribution < 1.29 is 7.77 Å². The van der Waals surface area contributed by atoms with E-state index in [2.05, 4.69) is 13.8 Å². The first-order valence-corrected chi connectivity index (χ1v) is 7.38. The summed E-state index contributed by atoms with van der Waals surface area (Å²) in [6.45, 7) is 4.19. The van der Waals surface area contributed by atoms with Crippen molar-refractivity contribution in [1.82, 2.24) is 0 Å². The van der Waals surface area contributed by atoms with Gasteiger partial charge in [-0.2, -0.15) is 7.77 Å².